The van der Waals surface area contributed by atoms with Gasteiger partial charge in [0.05, 0.1) is 16.6 Å². The number of hydrogen-bond donors (Lipinski definition) is 2. The Labute approximate surface area is 214 Å². The summed E-state index contributed by atoms with van der Waals surface area (Å²) in [5, 5.41) is 18.0. The molecule has 1 atom stereocenters. The SMILES string of the molecule is CC1=C(SCCNC(c2ccc(N=Cc3ccccc3)cc2)c2nn[nH]n2)C(=O)C(C(C)C)=CC1=O. The van der Waals surface area contributed by atoms with Crippen LogP contribution in [0.2, 0.25) is 0 Å². The number of benzene rings is 2. The molecule has 8 nitrogen and oxygen atoms in total. The highest BCUT2D eigenvalue weighted by Crippen LogP contribution is 2.31. The summed E-state index contributed by atoms with van der Waals surface area (Å²) < 4.78 is 0. The fourth-order valence-corrected chi connectivity index (χ4v) is 4.77. The van der Waals surface area contributed by atoms with Gasteiger partial charge in [-0.1, -0.05) is 61.5 Å². The molecule has 2 N–H and O–H groups in total. The van der Waals surface area contributed by atoms with Crippen LogP contribution in [-0.4, -0.2) is 50.7 Å². The minimum Gasteiger partial charge on any atom is -0.303 e. The Morgan fingerprint density at radius 2 is 1.83 bits per heavy atom. The largest absolute Gasteiger partial charge is 0.303 e. The Kier molecular flexibility index (Phi) is 8.35. The van der Waals surface area contributed by atoms with Crippen LogP contribution in [0.1, 0.15) is 43.8 Å². The number of carbonyl (C=O) groups excluding carboxylic acids is 2. The van der Waals surface area contributed by atoms with Gasteiger partial charge in [0, 0.05) is 29.7 Å². The van der Waals surface area contributed by atoms with E-state index in [1.165, 1.54) is 17.8 Å². The number of nitrogens with one attached hydrogen (secondary N) is 2. The Bertz CT molecular complexity index is 1300. The van der Waals surface area contributed by atoms with E-state index in [4.69, 9.17) is 0 Å². The maximum Gasteiger partial charge on any atom is 0.196 e. The number of thioether (sulfide) groups is 1. The van der Waals surface area contributed by atoms with E-state index in [0.29, 0.717) is 34.2 Å². The van der Waals surface area contributed by atoms with Gasteiger partial charge in [0.15, 0.2) is 17.4 Å². The molecule has 0 amide bonds. The summed E-state index contributed by atoms with van der Waals surface area (Å²) in [5.41, 5.74) is 3.91. The second-order valence-electron chi connectivity index (χ2n) is 8.67. The van der Waals surface area contributed by atoms with Crippen LogP contribution in [0, 0.1) is 5.92 Å². The first-order chi connectivity index (χ1) is 17.4. The van der Waals surface area contributed by atoms with E-state index in [0.717, 1.165) is 16.8 Å². The van der Waals surface area contributed by atoms with Crippen LogP contribution in [0.5, 0.6) is 0 Å². The highest BCUT2D eigenvalue weighted by molar-refractivity contribution is 8.04. The molecular weight excluding hydrogens is 472 g/mol. The maximum absolute atomic E-state index is 12.9. The molecule has 0 spiro atoms. The van der Waals surface area contributed by atoms with Crippen LogP contribution in [0.4, 0.5) is 5.69 Å². The standard InChI is InChI=1S/C27H28N6O2S/c1-17(2)22-15-23(34)18(3)26(25(22)35)36-14-13-28-24(27-30-32-33-31-27)20-9-11-21(12-10-20)29-16-19-7-5-4-6-8-19/h4-12,15-17,24,28H,13-14H2,1-3H3,(H,30,31,32,33). The number of H-pyrrole nitrogens is 1. The van der Waals surface area contributed by atoms with Gasteiger partial charge in [-0.05, 0) is 42.2 Å². The molecule has 0 saturated carbocycles. The second kappa shape index (κ2) is 11.8. The average molecular weight is 501 g/mol. The number of ketones is 2. The number of aromatic nitrogens is 4. The molecule has 1 aliphatic rings. The van der Waals surface area contributed by atoms with Crippen molar-refractivity contribution in [1.29, 1.82) is 0 Å². The summed E-state index contributed by atoms with van der Waals surface area (Å²) in [5.74, 6) is 0.989. The summed E-state index contributed by atoms with van der Waals surface area (Å²) in [6.07, 6.45) is 3.31. The molecule has 36 heavy (non-hydrogen) atoms. The number of tetrazole rings is 1. The van der Waals surface area contributed by atoms with E-state index in [-0.39, 0.29) is 23.5 Å². The van der Waals surface area contributed by atoms with Crippen molar-refractivity contribution < 1.29 is 9.59 Å². The van der Waals surface area contributed by atoms with Crippen molar-refractivity contribution in [2.24, 2.45) is 10.9 Å². The van der Waals surface area contributed by atoms with E-state index in [9.17, 15) is 9.59 Å². The summed E-state index contributed by atoms with van der Waals surface area (Å²) in [7, 11) is 0. The van der Waals surface area contributed by atoms with Gasteiger partial charge in [-0.3, -0.25) is 14.6 Å². The van der Waals surface area contributed by atoms with Gasteiger partial charge in [-0.2, -0.15) is 5.21 Å². The van der Waals surface area contributed by atoms with Gasteiger partial charge in [-0.15, -0.1) is 22.0 Å². The molecule has 184 valence electrons. The van der Waals surface area contributed by atoms with E-state index >= 15 is 0 Å². The van der Waals surface area contributed by atoms with E-state index in [2.05, 4.69) is 30.9 Å². The third-order valence-electron chi connectivity index (χ3n) is 5.79. The number of allylic oxidation sites excluding steroid dienone is 4. The average Bonchev–Trinajstić information content (AvgIpc) is 3.42. The van der Waals surface area contributed by atoms with Crippen molar-refractivity contribution in [3.63, 3.8) is 0 Å². The molecule has 1 aromatic heterocycles. The van der Waals surface area contributed by atoms with E-state index in [1.54, 1.807) is 6.92 Å². The molecule has 2 aromatic carbocycles. The lowest BCUT2D eigenvalue weighted by molar-refractivity contribution is -0.115. The normalized spacial score (nSPS) is 15.2. The van der Waals surface area contributed by atoms with Crippen molar-refractivity contribution in [2.75, 3.05) is 12.3 Å². The van der Waals surface area contributed by atoms with Crippen molar-refractivity contribution >= 4 is 35.2 Å². The zero-order valence-corrected chi connectivity index (χ0v) is 21.2. The molecule has 0 bridgehead atoms. The second-order valence-corrected chi connectivity index (χ2v) is 9.77. The molecule has 0 aliphatic heterocycles. The Morgan fingerprint density at radius 3 is 2.50 bits per heavy atom. The van der Waals surface area contributed by atoms with Crippen LogP contribution < -0.4 is 5.32 Å². The lowest BCUT2D eigenvalue weighted by Gasteiger charge is -2.20. The molecule has 0 fully saturated rings. The fraction of sp³-hybridized carbons (Fsp3) is 0.259. The number of Topliss-reactive ketones (excluding diaryl/α,β-unsaturated/α-hetero) is 1. The first-order valence-corrected chi connectivity index (χ1v) is 12.7. The zero-order chi connectivity index (χ0) is 25.5. The van der Waals surface area contributed by atoms with E-state index < -0.39 is 0 Å². The smallest absolute Gasteiger partial charge is 0.196 e. The summed E-state index contributed by atoms with van der Waals surface area (Å²) >= 11 is 1.40. The maximum atomic E-state index is 12.9. The summed E-state index contributed by atoms with van der Waals surface area (Å²) in [6.45, 7) is 6.13. The molecular formula is C27H28N6O2S. The van der Waals surface area contributed by atoms with Crippen molar-refractivity contribution in [3.8, 4) is 0 Å². The molecule has 4 rings (SSSR count). The third-order valence-corrected chi connectivity index (χ3v) is 6.98. The highest BCUT2D eigenvalue weighted by Gasteiger charge is 2.28. The Morgan fingerprint density at radius 1 is 1.08 bits per heavy atom. The van der Waals surface area contributed by atoms with Gasteiger partial charge >= 0.3 is 0 Å². The number of nitrogens with zero attached hydrogens (tertiary/aromatic N) is 4. The topological polar surface area (TPSA) is 113 Å². The van der Waals surface area contributed by atoms with Crippen molar-refractivity contribution in [3.05, 3.63) is 93.7 Å². The first-order valence-electron chi connectivity index (χ1n) is 11.7. The molecule has 1 aliphatic carbocycles. The fourth-order valence-electron chi connectivity index (χ4n) is 3.78. The monoisotopic (exact) mass is 500 g/mol. The molecule has 0 radical (unpaired) electrons. The third kappa shape index (κ3) is 6.10. The van der Waals surface area contributed by atoms with Crippen LogP contribution in [0.15, 0.2) is 81.7 Å². The number of hydrogen-bond acceptors (Lipinski definition) is 8. The minimum atomic E-state index is -0.290. The number of rotatable bonds is 10. The Hall–Kier alpha value is -3.69. The van der Waals surface area contributed by atoms with Gasteiger partial charge in [0.1, 0.15) is 0 Å². The van der Waals surface area contributed by atoms with Crippen LogP contribution in [0.25, 0.3) is 0 Å². The van der Waals surface area contributed by atoms with Gasteiger partial charge in [0.2, 0.25) is 0 Å². The predicted octanol–water partition coefficient (Wildman–Crippen LogP) is 4.37. The molecule has 0 saturated heterocycles. The van der Waals surface area contributed by atoms with Crippen molar-refractivity contribution in [1.82, 2.24) is 25.9 Å². The quantitative estimate of drug-likeness (QED) is 0.241. The predicted molar refractivity (Wildman–Crippen MR) is 142 cm³/mol. The molecule has 1 unspecified atom stereocenters. The summed E-state index contributed by atoms with van der Waals surface area (Å²) in [4.78, 5) is 30.3. The van der Waals surface area contributed by atoms with Gasteiger partial charge in [-0.25, -0.2) is 0 Å². The number of aromatic amines is 1. The van der Waals surface area contributed by atoms with E-state index in [1.807, 2.05) is 74.7 Å². The van der Waals surface area contributed by atoms with Crippen LogP contribution in [0.3, 0.4) is 0 Å². The summed E-state index contributed by atoms with van der Waals surface area (Å²) in [6, 6.07) is 17.5. The number of aliphatic imine (C=N–C) groups is 1. The molecule has 3 aromatic rings. The van der Waals surface area contributed by atoms with Gasteiger partial charge < -0.3 is 5.32 Å². The highest BCUT2D eigenvalue weighted by atomic mass is 32.2. The molecule has 1 heterocycles. The zero-order valence-electron chi connectivity index (χ0n) is 20.4. The van der Waals surface area contributed by atoms with Crippen LogP contribution in [-0.2, 0) is 9.59 Å². The Balaban J connectivity index is 1.41. The molecule has 9 heteroatoms. The van der Waals surface area contributed by atoms with Crippen LogP contribution >= 0.6 is 11.8 Å². The minimum absolute atomic E-state index is 0.00546. The van der Waals surface area contributed by atoms with Gasteiger partial charge in [0.25, 0.3) is 0 Å². The van der Waals surface area contributed by atoms with Crippen molar-refractivity contribution in [2.45, 2.75) is 26.8 Å². The first kappa shape index (κ1) is 25.4. The number of carbonyl (C=O) groups is 2. The lowest BCUT2D eigenvalue weighted by atomic mass is 9.90. The lowest BCUT2D eigenvalue weighted by Crippen LogP contribution is -2.26.